The van der Waals surface area contributed by atoms with Gasteiger partial charge in [0.25, 0.3) is 5.56 Å². The molecule has 0 radical (unpaired) electrons. The van der Waals surface area contributed by atoms with Crippen molar-refractivity contribution < 1.29 is 4.79 Å². The number of rotatable bonds is 6. The summed E-state index contributed by atoms with van der Waals surface area (Å²) in [6, 6.07) is 13.2. The minimum Gasteiger partial charge on any atom is -0.352 e. The van der Waals surface area contributed by atoms with E-state index in [1.807, 2.05) is 42.5 Å². The topological polar surface area (TPSA) is 94.7 Å². The summed E-state index contributed by atoms with van der Waals surface area (Å²) >= 11 is 0. The maximum atomic E-state index is 12.9. The summed E-state index contributed by atoms with van der Waals surface area (Å²) in [4.78, 5) is 33.7. The quantitative estimate of drug-likeness (QED) is 0.545. The normalized spacial score (nSPS) is 10.9. The molecule has 0 aliphatic rings. The molecular weight excluding hydrogens is 368 g/mol. The van der Waals surface area contributed by atoms with Crippen molar-refractivity contribution in [2.24, 2.45) is 0 Å². The van der Waals surface area contributed by atoms with Gasteiger partial charge in [-0.1, -0.05) is 24.3 Å². The van der Waals surface area contributed by atoms with E-state index in [1.165, 1.54) is 10.8 Å². The molecule has 0 spiro atoms. The standard InChI is InChI=1S/C21H20N6O2/c1-15-25-20-18(14-24-27(20)17-7-3-2-4-8-17)21(29)26(15)11-9-19(28)23-13-16-6-5-10-22-12-16/h2-8,10,12,14H,9,11,13H2,1H3,(H,23,28). The van der Waals surface area contributed by atoms with E-state index in [9.17, 15) is 9.59 Å². The lowest BCUT2D eigenvalue weighted by Crippen LogP contribution is -2.29. The molecule has 4 rings (SSSR count). The fourth-order valence-electron chi connectivity index (χ4n) is 3.13. The SMILES string of the molecule is Cc1nc2c(cnn2-c2ccccc2)c(=O)n1CCC(=O)NCc1cccnc1. The Morgan fingerprint density at radius 3 is 2.69 bits per heavy atom. The highest BCUT2D eigenvalue weighted by Crippen LogP contribution is 2.14. The molecule has 4 aromatic rings. The number of para-hydroxylation sites is 1. The molecule has 0 saturated carbocycles. The number of hydrogen-bond donors (Lipinski definition) is 1. The van der Waals surface area contributed by atoms with Crippen molar-refractivity contribution in [2.75, 3.05) is 0 Å². The molecule has 1 amide bonds. The molecule has 146 valence electrons. The number of aromatic nitrogens is 5. The molecule has 1 N–H and O–H groups in total. The highest BCUT2D eigenvalue weighted by atomic mass is 16.1. The number of amides is 1. The summed E-state index contributed by atoms with van der Waals surface area (Å²) in [6.07, 6.45) is 5.10. The smallest absolute Gasteiger partial charge is 0.264 e. The number of benzene rings is 1. The van der Waals surface area contributed by atoms with Crippen molar-refractivity contribution in [1.82, 2.24) is 29.6 Å². The van der Waals surface area contributed by atoms with Gasteiger partial charge in [-0.05, 0) is 30.7 Å². The first-order valence-corrected chi connectivity index (χ1v) is 9.29. The lowest BCUT2D eigenvalue weighted by Gasteiger charge is -2.10. The molecule has 3 aromatic heterocycles. The van der Waals surface area contributed by atoms with Crippen LogP contribution in [0.1, 0.15) is 17.8 Å². The van der Waals surface area contributed by atoms with Crippen molar-refractivity contribution in [2.45, 2.75) is 26.4 Å². The average Bonchev–Trinajstić information content (AvgIpc) is 3.17. The van der Waals surface area contributed by atoms with Gasteiger partial charge in [0.2, 0.25) is 5.91 Å². The van der Waals surface area contributed by atoms with Crippen LogP contribution in [0.3, 0.4) is 0 Å². The van der Waals surface area contributed by atoms with Crippen LogP contribution in [0.25, 0.3) is 16.7 Å². The van der Waals surface area contributed by atoms with E-state index in [0.717, 1.165) is 11.3 Å². The Hall–Kier alpha value is -3.81. The van der Waals surface area contributed by atoms with Crippen molar-refractivity contribution in [1.29, 1.82) is 0 Å². The first-order valence-electron chi connectivity index (χ1n) is 9.29. The molecule has 0 atom stereocenters. The second-order valence-corrected chi connectivity index (χ2v) is 6.63. The third-order valence-electron chi connectivity index (χ3n) is 4.65. The van der Waals surface area contributed by atoms with E-state index in [-0.39, 0.29) is 24.4 Å². The Kier molecular flexibility index (Phi) is 5.15. The van der Waals surface area contributed by atoms with E-state index in [4.69, 9.17) is 0 Å². The number of carbonyl (C=O) groups is 1. The average molecular weight is 388 g/mol. The number of pyridine rings is 1. The van der Waals surface area contributed by atoms with Crippen LogP contribution in [-0.2, 0) is 17.9 Å². The van der Waals surface area contributed by atoms with Gasteiger partial charge in [0.05, 0.1) is 11.9 Å². The Morgan fingerprint density at radius 1 is 1.10 bits per heavy atom. The van der Waals surface area contributed by atoms with Crippen molar-refractivity contribution in [3.05, 3.63) is 82.8 Å². The Morgan fingerprint density at radius 2 is 1.93 bits per heavy atom. The Balaban J connectivity index is 1.51. The Bertz CT molecular complexity index is 1200. The summed E-state index contributed by atoms with van der Waals surface area (Å²) in [5.41, 5.74) is 2.07. The van der Waals surface area contributed by atoms with E-state index in [0.29, 0.717) is 23.4 Å². The Labute approximate surface area is 166 Å². The van der Waals surface area contributed by atoms with Gasteiger partial charge in [0.1, 0.15) is 11.2 Å². The van der Waals surface area contributed by atoms with Crippen molar-refractivity contribution in [3.8, 4) is 5.69 Å². The number of nitrogens with zero attached hydrogens (tertiary/aromatic N) is 5. The minimum absolute atomic E-state index is 0.139. The summed E-state index contributed by atoms with van der Waals surface area (Å²) in [5.74, 6) is 0.403. The second kappa shape index (κ2) is 8.05. The van der Waals surface area contributed by atoms with Gasteiger partial charge in [-0.2, -0.15) is 5.10 Å². The summed E-state index contributed by atoms with van der Waals surface area (Å²) in [5, 5.41) is 7.59. The van der Waals surface area contributed by atoms with Crippen LogP contribution in [0.15, 0.2) is 65.8 Å². The van der Waals surface area contributed by atoms with Crippen LogP contribution in [-0.4, -0.2) is 30.2 Å². The first kappa shape index (κ1) is 18.5. The van der Waals surface area contributed by atoms with Gasteiger partial charge < -0.3 is 5.32 Å². The van der Waals surface area contributed by atoms with Crippen LogP contribution >= 0.6 is 0 Å². The minimum atomic E-state index is -0.199. The number of aryl methyl sites for hydroxylation is 1. The lowest BCUT2D eigenvalue weighted by molar-refractivity contribution is -0.121. The van der Waals surface area contributed by atoms with Crippen molar-refractivity contribution >= 4 is 16.9 Å². The molecule has 0 bridgehead atoms. The predicted octanol–water partition coefficient (Wildman–Crippen LogP) is 1.99. The largest absolute Gasteiger partial charge is 0.352 e. The zero-order chi connectivity index (χ0) is 20.2. The predicted molar refractivity (Wildman–Crippen MR) is 109 cm³/mol. The monoisotopic (exact) mass is 388 g/mol. The van der Waals surface area contributed by atoms with Crippen LogP contribution in [0.4, 0.5) is 0 Å². The van der Waals surface area contributed by atoms with Gasteiger partial charge in [-0.15, -0.1) is 0 Å². The first-order chi connectivity index (χ1) is 14.1. The van der Waals surface area contributed by atoms with Crippen LogP contribution in [0.2, 0.25) is 0 Å². The maximum absolute atomic E-state index is 12.9. The van der Waals surface area contributed by atoms with E-state index >= 15 is 0 Å². The highest BCUT2D eigenvalue weighted by Gasteiger charge is 2.14. The third-order valence-corrected chi connectivity index (χ3v) is 4.65. The van der Waals surface area contributed by atoms with E-state index in [2.05, 4.69) is 20.4 Å². The molecule has 1 aromatic carbocycles. The number of nitrogens with one attached hydrogen (secondary N) is 1. The molecule has 0 fully saturated rings. The van der Waals surface area contributed by atoms with Crippen LogP contribution in [0.5, 0.6) is 0 Å². The molecule has 0 aliphatic heterocycles. The summed E-state index contributed by atoms with van der Waals surface area (Å²) < 4.78 is 3.16. The molecular formula is C21H20N6O2. The number of carbonyl (C=O) groups excluding carboxylic acids is 1. The van der Waals surface area contributed by atoms with E-state index in [1.54, 1.807) is 24.0 Å². The maximum Gasteiger partial charge on any atom is 0.264 e. The molecule has 0 aliphatic carbocycles. The van der Waals surface area contributed by atoms with Crippen LogP contribution in [0, 0.1) is 6.92 Å². The number of fused-ring (bicyclic) bond motifs is 1. The fraction of sp³-hybridized carbons (Fsp3) is 0.190. The molecule has 0 saturated heterocycles. The van der Waals surface area contributed by atoms with Gasteiger partial charge in [-0.25, -0.2) is 9.67 Å². The molecule has 29 heavy (non-hydrogen) atoms. The molecule has 0 unspecified atom stereocenters. The molecule has 8 nitrogen and oxygen atoms in total. The summed E-state index contributed by atoms with van der Waals surface area (Å²) in [7, 11) is 0. The van der Waals surface area contributed by atoms with Gasteiger partial charge in [0, 0.05) is 31.9 Å². The zero-order valence-corrected chi connectivity index (χ0v) is 15.9. The highest BCUT2D eigenvalue weighted by molar-refractivity contribution is 5.76. The van der Waals surface area contributed by atoms with Crippen molar-refractivity contribution in [3.63, 3.8) is 0 Å². The zero-order valence-electron chi connectivity index (χ0n) is 15.9. The number of hydrogen-bond acceptors (Lipinski definition) is 5. The van der Waals surface area contributed by atoms with Gasteiger partial charge in [-0.3, -0.25) is 19.1 Å². The third kappa shape index (κ3) is 3.91. The van der Waals surface area contributed by atoms with Crippen LogP contribution < -0.4 is 10.9 Å². The molecule has 8 heteroatoms. The van der Waals surface area contributed by atoms with Gasteiger partial charge in [0.15, 0.2) is 5.65 Å². The van der Waals surface area contributed by atoms with E-state index < -0.39 is 0 Å². The lowest BCUT2D eigenvalue weighted by atomic mass is 10.3. The molecule has 3 heterocycles. The summed E-state index contributed by atoms with van der Waals surface area (Å²) in [6.45, 7) is 2.42. The second-order valence-electron chi connectivity index (χ2n) is 6.63. The fourth-order valence-corrected chi connectivity index (χ4v) is 3.13. The van der Waals surface area contributed by atoms with Gasteiger partial charge >= 0.3 is 0 Å².